The van der Waals surface area contributed by atoms with E-state index in [0.717, 1.165) is 32.2 Å². The van der Waals surface area contributed by atoms with E-state index in [1.807, 2.05) is 4.90 Å². The van der Waals surface area contributed by atoms with Crippen LogP contribution in [0.3, 0.4) is 0 Å². The minimum absolute atomic E-state index is 0.0878. The van der Waals surface area contributed by atoms with Crippen LogP contribution in [0.25, 0.3) is 32.9 Å². The molecule has 5 heterocycles. The SMILES string of the molecule is CCc1c(F)ccc2cc(O)cc(-c3ncc4c(N5CC(C(=O)O)C6(CC6)C5)nc(OC[C@@]56CCCN5C[C@H](F)C6)nc4c3F)c12. The minimum atomic E-state index is -0.953. The molecular weight excluding hydrogens is 599 g/mol. The molecule has 9 nitrogen and oxygen atoms in total. The van der Waals surface area contributed by atoms with Crippen molar-refractivity contribution in [2.75, 3.05) is 37.7 Å². The number of hydrogen-bond donors (Lipinski definition) is 2. The van der Waals surface area contributed by atoms with Gasteiger partial charge in [0.2, 0.25) is 0 Å². The average Bonchev–Trinajstić information content (AvgIpc) is 3.37. The zero-order valence-electron chi connectivity index (χ0n) is 25.4. The van der Waals surface area contributed by atoms with Crippen LogP contribution in [0.4, 0.5) is 19.0 Å². The highest BCUT2D eigenvalue weighted by molar-refractivity contribution is 6.01. The molecule has 8 rings (SSSR count). The maximum atomic E-state index is 16.8. The monoisotopic (exact) mass is 633 g/mol. The molecule has 2 aromatic carbocycles. The van der Waals surface area contributed by atoms with Gasteiger partial charge >= 0.3 is 12.0 Å². The van der Waals surface area contributed by atoms with E-state index in [2.05, 4.69) is 14.9 Å². The molecule has 3 atom stereocenters. The number of aromatic hydroxyl groups is 1. The van der Waals surface area contributed by atoms with Crippen molar-refractivity contribution >= 4 is 33.5 Å². The van der Waals surface area contributed by atoms with Crippen molar-refractivity contribution in [3.8, 4) is 23.0 Å². The fourth-order valence-corrected chi connectivity index (χ4v) is 8.33. The molecule has 0 bridgehead atoms. The summed E-state index contributed by atoms with van der Waals surface area (Å²) in [6.45, 7) is 3.70. The Morgan fingerprint density at radius 2 is 1.98 bits per heavy atom. The fourth-order valence-electron chi connectivity index (χ4n) is 8.33. The first-order chi connectivity index (χ1) is 22.1. The summed E-state index contributed by atoms with van der Waals surface area (Å²) >= 11 is 0. The first-order valence-electron chi connectivity index (χ1n) is 15.9. The summed E-state index contributed by atoms with van der Waals surface area (Å²) in [6, 6.07) is 5.64. The second-order valence-electron chi connectivity index (χ2n) is 13.5. The van der Waals surface area contributed by atoms with Crippen LogP contribution in [0.5, 0.6) is 11.8 Å². The molecule has 1 saturated carbocycles. The summed E-state index contributed by atoms with van der Waals surface area (Å²) in [5, 5.41) is 21.8. The number of rotatable bonds is 7. The van der Waals surface area contributed by atoms with Gasteiger partial charge in [-0.3, -0.25) is 14.7 Å². The minimum Gasteiger partial charge on any atom is -0.508 e. The number of alkyl halides is 1. The molecule has 0 amide bonds. The second-order valence-corrected chi connectivity index (χ2v) is 13.5. The Balaban J connectivity index is 1.28. The smallest absolute Gasteiger partial charge is 0.319 e. The van der Waals surface area contributed by atoms with Crippen LogP contribution in [0.15, 0.2) is 30.5 Å². The van der Waals surface area contributed by atoms with E-state index < -0.39 is 35.2 Å². The highest BCUT2D eigenvalue weighted by atomic mass is 19.1. The van der Waals surface area contributed by atoms with Gasteiger partial charge in [-0.15, -0.1) is 0 Å². The molecule has 3 aliphatic heterocycles. The molecule has 12 heteroatoms. The predicted molar refractivity (Wildman–Crippen MR) is 165 cm³/mol. The lowest BCUT2D eigenvalue weighted by molar-refractivity contribution is -0.142. The van der Waals surface area contributed by atoms with Crippen LogP contribution in [-0.2, 0) is 11.2 Å². The molecule has 4 fully saturated rings. The first kappa shape index (κ1) is 29.2. The van der Waals surface area contributed by atoms with Crippen LogP contribution in [0.1, 0.15) is 44.6 Å². The normalized spacial score (nSPS) is 25.2. The number of carbonyl (C=O) groups is 1. The van der Waals surface area contributed by atoms with Gasteiger partial charge in [0.15, 0.2) is 5.82 Å². The van der Waals surface area contributed by atoms with Crippen LogP contribution >= 0.6 is 0 Å². The molecule has 46 heavy (non-hydrogen) atoms. The molecule has 3 saturated heterocycles. The number of halogens is 3. The highest BCUT2D eigenvalue weighted by Gasteiger charge is 2.58. The predicted octanol–water partition coefficient (Wildman–Crippen LogP) is 5.65. The van der Waals surface area contributed by atoms with E-state index in [1.165, 1.54) is 30.5 Å². The molecule has 4 aromatic rings. The van der Waals surface area contributed by atoms with Gasteiger partial charge < -0.3 is 19.8 Å². The standard InChI is InChI=1S/C34H34F3N5O4/c1-2-21-25(36)5-4-18-10-20(43)11-22(26(18)21)28-27(37)29-23(13-38-28)30(41-15-24(31(44)45)33(16-41)7-8-33)40-32(39-29)46-17-34-6-3-9-42(34)14-19(35)12-34/h4-5,10-11,13,19,24,43H,2-3,6-9,12,14-17H2,1H3,(H,44,45)/t19-,24?,34+/m1/s1. The zero-order chi connectivity index (χ0) is 32.0. The molecular formula is C34H34F3N5O4. The number of anilines is 1. The number of fused-ring (bicyclic) bond motifs is 3. The topological polar surface area (TPSA) is 112 Å². The number of benzene rings is 2. The van der Waals surface area contributed by atoms with Crippen molar-refractivity contribution in [3.05, 3.63) is 47.7 Å². The van der Waals surface area contributed by atoms with Gasteiger partial charge in [0.1, 0.15) is 41.4 Å². The number of aryl methyl sites for hydroxylation is 1. The van der Waals surface area contributed by atoms with Crippen LogP contribution in [0, 0.1) is 23.0 Å². The van der Waals surface area contributed by atoms with Crippen molar-refractivity contribution in [2.24, 2.45) is 11.3 Å². The number of aliphatic carboxylic acids is 1. The Hall–Kier alpha value is -4.19. The fraction of sp³-hybridized carbons (Fsp3) is 0.471. The number of ether oxygens (including phenoxy) is 1. The van der Waals surface area contributed by atoms with Crippen molar-refractivity contribution in [3.63, 3.8) is 0 Å². The third-order valence-electron chi connectivity index (χ3n) is 10.8. The quantitative estimate of drug-likeness (QED) is 0.267. The van der Waals surface area contributed by atoms with Gasteiger partial charge in [0, 0.05) is 43.2 Å². The largest absolute Gasteiger partial charge is 0.508 e. The van der Waals surface area contributed by atoms with E-state index in [0.29, 0.717) is 48.1 Å². The zero-order valence-corrected chi connectivity index (χ0v) is 25.4. The van der Waals surface area contributed by atoms with Gasteiger partial charge in [-0.25, -0.2) is 13.2 Å². The summed E-state index contributed by atoms with van der Waals surface area (Å²) in [6.07, 6.45) is 4.43. The lowest BCUT2D eigenvalue weighted by Crippen LogP contribution is -2.43. The van der Waals surface area contributed by atoms with Crippen LogP contribution in [0.2, 0.25) is 0 Å². The third kappa shape index (κ3) is 4.47. The van der Waals surface area contributed by atoms with E-state index in [4.69, 9.17) is 9.72 Å². The maximum Gasteiger partial charge on any atom is 0.319 e. The van der Waals surface area contributed by atoms with Gasteiger partial charge in [0.25, 0.3) is 0 Å². The van der Waals surface area contributed by atoms with Crippen LogP contribution in [-0.4, -0.2) is 80.5 Å². The van der Waals surface area contributed by atoms with E-state index in [9.17, 15) is 23.8 Å². The lowest BCUT2D eigenvalue weighted by atomic mass is 9.93. The molecule has 0 radical (unpaired) electrons. The first-order valence-corrected chi connectivity index (χ1v) is 15.9. The summed E-state index contributed by atoms with van der Waals surface area (Å²) in [5.74, 6) is -2.51. The lowest BCUT2D eigenvalue weighted by Gasteiger charge is -2.31. The molecule has 2 aromatic heterocycles. The number of aromatic nitrogens is 3. The van der Waals surface area contributed by atoms with E-state index in [1.54, 1.807) is 6.92 Å². The Morgan fingerprint density at radius 1 is 1.15 bits per heavy atom. The Labute approximate surface area is 263 Å². The number of hydrogen-bond acceptors (Lipinski definition) is 8. The summed E-state index contributed by atoms with van der Waals surface area (Å²) in [7, 11) is 0. The van der Waals surface area contributed by atoms with Crippen molar-refractivity contribution in [2.45, 2.75) is 57.2 Å². The number of nitrogens with zero attached hydrogens (tertiary/aromatic N) is 5. The van der Waals surface area contributed by atoms with E-state index in [-0.39, 0.29) is 52.5 Å². The van der Waals surface area contributed by atoms with Gasteiger partial charge in [-0.2, -0.15) is 9.97 Å². The highest BCUT2D eigenvalue weighted by Crippen LogP contribution is 2.57. The molecule has 1 aliphatic carbocycles. The molecule has 1 spiro atoms. The molecule has 240 valence electrons. The summed E-state index contributed by atoms with van der Waals surface area (Å²) in [4.78, 5) is 29.8. The number of phenolic OH excluding ortho intramolecular Hbond substituents is 1. The van der Waals surface area contributed by atoms with Gasteiger partial charge in [-0.05, 0) is 73.2 Å². The Bertz CT molecular complexity index is 1920. The molecule has 2 N–H and O–H groups in total. The second kappa shape index (κ2) is 10.4. The van der Waals surface area contributed by atoms with Crippen molar-refractivity contribution in [1.82, 2.24) is 19.9 Å². The van der Waals surface area contributed by atoms with E-state index >= 15 is 4.39 Å². The Kier molecular flexibility index (Phi) is 6.62. The third-order valence-corrected chi connectivity index (χ3v) is 10.8. The number of phenols is 1. The molecule has 4 aliphatic rings. The van der Waals surface area contributed by atoms with Crippen molar-refractivity contribution in [1.29, 1.82) is 0 Å². The Morgan fingerprint density at radius 3 is 2.72 bits per heavy atom. The maximum absolute atomic E-state index is 16.8. The van der Waals surface area contributed by atoms with Gasteiger partial charge in [0.05, 0.1) is 16.8 Å². The van der Waals surface area contributed by atoms with Crippen LogP contribution < -0.4 is 9.64 Å². The van der Waals surface area contributed by atoms with Crippen molar-refractivity contribution < 1.29 is 32.9 Å². The number of pyridine rings is 1. The summed E-state index contributed by atoms with van der Waals surface area (Å²) < 4.78 is 52.4. The summed E-state index contributed by atoms with van der Waals surface area (Å²) in [5.41, 5.74) is -0.463. The number of carboxylic acid groups (broad SMARTS) is 1. The molecule has 1 unspecified atom stereocenters. The average molecular weight is 634 g/mol. The number of carboxylic acids is 1. The van der Waals surface area contributed by atoms with Gasteiger partial charge in [-0.1, -0.05) is 13.0 Å².